The average molecular weight is 357 g/mol. The molecule has 0 amide bonds. The van der Waals surface area contributed by atoms with Crippen LogP contribution in [0.25, 0.3) is 11.4 Å². The van der Waals surface area contributed by atoms with Gasteiger partial charge in [-0.05, 0) is 30.3 Å². The summed E-state index contributed by atoms with van der Waals surface area (Å²) in [4.78, 5) is 4.17. The topological polar surface area (TPSA) is 38.9 Å². The highest BCUT2D eigenvalue weighted by Gasteiger charge is 2.38. The predicted octanol–water partition coefficient (Wildman–Crippen LogP) is 4.98. The summed E-state index contributed by atoms with van der Waals surface area (Å²) in [6.07, 6.45) is -4.73. The van der Waals surface area contributed by atoms with Crippen LogP contribution in [0.15, 0.2) is 50.7 Å². The van der Waals surface area contributed by atoms with Crippen LogP contribution in [-0.4, -0.2) is 10.1 Å². The number of rotatable bonds is 3. The van der Waals surface area contributed by atoms with E-state index in [1.807, 2.05) is 0 Å². The van der Waals surface area contributed by atoms with Crippen LogP contribution >= 0.6 is 11.8 Å². The van der Waals surface area contributed by atoms with Crippen LogP contribution in [0, 0.1) is 17.7 Å². The van der Waals surface area contributed by atoms with E-state index in [0.29, 0.717) is 9.79 Å². The van der Waals surface area contributed by atoms with Crippen molar-refractivity contribution < 1.29 is 26.5 Å². The van der Waals surface area contributed by atoms with Gasteiger partial charge in [0.25, 0.3) is 0 Å². The molecule has 0 fully saturated rings. The van der Waals surface area contributed by atoms with E-state index in [1.165, 1.54) is 24.3 Å². The van der Waals surface area contributed by atoms with Crippen molar-refractivity contribution >= 4 is 11.8 Å². The Bertz CT molecular complexity index is 878. The summed E-state index contributed by atoms with van der Waals surface area (Å²) >= 11 is 1.06. The van der Waals surface area contributed by atoms with Crippen LogP contribution in [0.5, 0.6) is 0 Å². The van der Waals surface area contributed by atoms with Crippen LogP contribution in [-0.2, 0) is 6.18 Å². The molecular weight excluding hydrogens is 351 g/mol. The van der Waals surface area contributed by atoms with Crippen molar-refractivity contribution in [2.24, 2.45) is 0 Å². The first-order chi connectivity index (χ1) is 11.3. The fourth-order valence-corrected chi connectivity index (χ4v) is 2.63. The Hall–Kier alpha value is -2.42. The highest BCUT2D eigenvalue weighted by Crippen LogP contribution is 2.32. The lowest BCUT2D eigenvalue weighted by Gasteiger charge is -2.03. The van der Waals surface area contributed by atoms with Gasteiger partial charge in [-0.3, -0.25) is 0 Å². The van der Waals surface area contributed by atoms with Gasteiger partial charge in [-0.1, -0.05) is 29.1 Å². The highest BCUT2D eigenvalue weighted by molar-refractivity contribution is 7.99. The molecule has 0 aliphatic rings. The third-order valence-electron chi connectivity index (χ3n) is 2.82. The number of halogens is 5. The molecule has 2 aromatic carbocycles. The molecule has 0 saturated heterocycles. The third-order valence-corrected chi connectivity index (χ3v) is 3.77. The summed E-state index contributed by atoms with van der Waals surface area (Å²) in [5, 5.41) is 3.29. The van der Waals surface area contributed by atoms with Gasteiger partial charge in [-0.2, -0.15) is 18.2 Å². The van der Waals surface area contributed by atoms with E-state index in [2.05, 4.69) is 20.7 Å². The molecule has 0 spiro atoms. The molecule has 123 valence electrons. The Labute approximate surface area is 136 Å². The molecule has 0 unspecified atom stereocenters. The van der Waals surface area contributed by atoms with Gasteiger partial charge in [-0.15, -0.1) is 0 Å². The van der Waals surface area contributed by atoms with Gasteiger partial charge in [0.1, 0.15) is 0 Å². The van der Waals surface area contributed by atoms with E-state index in [1.54, 1.807) is 0 Å². The van der Waals surface area contributed by atoms with Crippen LogP contribution in [0.2, 0.25) is 0 Å². The molecular formula is C15H6F5N2OS. The summed E-state index contributed by atoms with van der Waals surface area (Å²) in [6.45, 7) is 0. The van der Waals surface area contributed by atoms with Crippen LogP contribution < -0.4 is 0 Å². The van der Waals surface area contributed by atoms with Crippen molar-refractivity contribution in [2.45, 2.75) is 16.0 Å². The minimum absolute atomic E-state index is 0.233. The number of benzene rings is 2. The van der Waals surface area contributed by atoms with E-state index in [0.717, 1.165) is 23.9 Å². The molecule has 0 bridgehead atoms. The molecule has 0 N–H and O–H groups in total. The summed E-state index contributed by atoms with van der Waals surface area (Å²) in [5.74, 6) is -3.64. The van der Waals surface area contributed by atoms with Crippen LogP contribution in [0.3, 0.4) is 0 Å². The van der Waals surface area contributed by atoms with Gasteiger partial charge in [0.2, 0.25) is 5.82 Å². The molecule has 0 aliphatic carbocycles. The van der Waals surface area contributed by atoms with E-state index < -0.39 is 23.7 Å². The van der Waals surface area contributed by atoms with E-state index >= 15 is 0 Å². The maximum atomic E-state index is 13.2. The second-order valence-electron chi connectivity index (χ2n) is 4.54. The molecule has 24 heavy (non-hydrogen) atoms. The number of aromatic nitrogens is 2. The Morgan fingerprint density at radius 3 is 2.50 bits per heavy atom. The summed E-state index contributed by atoms with van der Waals surface area (Å²) < 4.78 is 67.7. The summed E-state index contributed by atoms with van der Waals surface area (Å²) in [5.41, 5.74) is 0.276. The first-order valence-electron chi connectivity index (χ1n) is 6.39. The van der Waals surface area contributed by atoms with E-state index in [-0.39, 0.29) is 11.4 Å². The highest BCUT2D eigenvalue weighted by atomic mass is 32.2. The van der Waals surface area contributed by atoms with Gasteiger partial charge in [-0.25, -0.2) is 8.78 Å². The maximum absolute atomic E-state index is 13.2. The van der Waals surface area contributed by atoms with Gasteiger partial charge in [0, 0.05) is 15.4 Å². The maximum Gasteiger partial charge on any atom is 0.471 e. The molecule has 1 heterocycles. The molecule has 9 heteroatoms. The van der Waals surface area contributed by atoms with Gasteiger partial charge in [0.15, 0.2) is 11.6 Å². The third kappa shape index (κ3) is 3.56. The van der Waals surface area contributed by atoms with Crippen molar-refractivity contribution in [3.05, 3.63) is 60.0 Å². The van der Waals surface area contributed by atoms with Crippen molar-refractivity contribution in [1.29, 1.82) is 0 Å². The number of hydrogen-bond donors (Lipinski definition) is 0. The van der Waals surface area contributed by atoms with Crippen molar-refractivity contribution in [3.63, 3.8) is 0 Å². The molecule has 3 nitrogen and oxygen atoms in total. The average Bonchev–Trinajstić information content (AvgIpc) is 3.01. The molecule has 3 rings (SSSR count). The van der Waals surface area contributed by atoms with Crippen molar-refractivity contribution in [2.75, 3.05) is 0 Å². The predicted molar refractivity (Wildman–Crippen MR) is 74.1 cm³/mol. The van der Waals surface area contributed by atoms with Crippen molar-refractivity contribution in [1.82, 2.24) is 10.1 Å². The Morgan fingerprint density at radius 1 is 1.04 bits per heavy atom. The lowest BCUT2D eigenvalue weighted by atomic mass is 10.2. The van der Waals surface area contributed by atoms with Gasteiger partial charge in [0.05, 0.1) is 0 Å². The molecule has 0 atom stereocenters. The lowest BCUT2D eigenvalue weighted by molar-refractivity contribution is -0.159. The molecule has 0 saturated carbocycles. The largest absolute Gasteiger partial charge is 0.471 e. The van der Waals surface area contributed by atoms with Crippen LogP contribution in [0.4, 0.5) is 22.0 Å². The normalized spacial score (nSPS) is 11.7. The van der Waals surface area contributed by atoms with Crippen LogP contribution in [0.1, 0.15) is 5.89 Å². The lowest BCUT2D eigenvalue weighted by Crippen LogP contribution is -2.04. The minimum atomic E-state index is -4.73. The molecule has 0 aliphatic heterocycles. The minimum Gasteiger partial charge on any atom is -0.329 e. The zero-order valence-electron chi connectivity index (χ0n) is 11.6. The quantitative estimate of drug-likeness (QED) is 0.620. The second kappa shape index (κ2) is 6.23. The van der Waals surface area contributed by atoms with Gasteiger partial charge >= 0.3 is 12.1 Å². The first kappa shape index (κ1) is 16.4. The van der Waals surface area contributed by atoms with Gasteiger partial charge < -0.3 is 4.52 Å². The molecule has 1 aromatic heterocycles. The fourth-order valence-electron chi connectivity index (χ4n) is 1.77. The number of alkyl halides is 3. The Balaban J connectivity index is 1.86. The second-order valence-corrected chi connectivity index (χ2v) is 5.66. The fraction of sp³-hybridized carbons (Fsp3) is 0.0667. The zero-order valence-corrected chi connectivity index (χ0v) is 12.4. The molecule has 3 aromatic rings. The number of hydrogen-bond acceptors (Lipinski definition) is 4. The first-order valence-corrected chi connectivity index (χ1v) is 7.20. The SMILES string of the molecule is Fc1ccc(Sc2[c]ccc(-c3noc(C(F)(F)F)n3)c2)cc1F. The Kier molecular flexibility index (Phi) is 4.27. The Morgan fingerprint density at radius 2 is 1.83 bits per heavy atom. The zero-order chi connectivity index (χ0) is 17.3. The summed E-state index contributed by atoms with van der Waals surface area (Å²) in [6, 6.07) is 10.6. The molecule has 1 radical (unpaired) electrons. The number of nitrogens with zero attached hydrogens (tertiary/aromatic N) is 2. The van der Waals surface area contributed by atoms with E-state index in [9.17, 15) is 22.0 Å². The summed E-state index contributed by atoms with van der Waals surface area (Å²) in [7, 11) is 0. The van der Waals surface area contributed by atoms with Crippen molar-refractivity contribution in [3.8, 4) is 11.4 Å². The monoisotopic (exact) mass is 357 g/mol. The standard InChI is InChI=1S/C15H6F5N2OS/c16-11-5-4-10(7-12(11)17)24-9-3-1-2-8(6-9)13-21-14(23-22-13)15(18,19)20/h1-2,4-7H. The smallest absolute Gasteiger partial charge is 0.329 e. The van der Waals surface area contributed by atoms with E-state index in [4.69, 9.17) is 0 Å².